The molecule has 0 aliphatic rings. The molecule has 0 aliphatic heterocycles. The average molecular weight is 384 g/mol. The van der Waals surface area contributed by atoms with E-state index in [4.69, 9.17) is 4.84 Å². The van der Waals surface area contributed by atoms with Gasteiger partial charge in [-0.3, -0.25) is 9.20 Å². The van der Waals surface area contributed by atoms with Crippen LogP contribution in [0.1, 0.15) is 51.5 Å². The summed E-state index contributed by atoms with van der Waals surface area (Å²) in [6.07, 6.45) is 8.09. The Labute approximate surface area is 162 Å². The van der Waals surface area contributed by atoms with Gasteiger partial charge in [0.05, 0.1) is 5.92 Å². The first-order valence-corrected chi connectivity index (χ1v) is 9.50. The van der Waals surface area contributed by atoms with Crippen molar-refractivity contribution in [1.82, 2.24) is 29.8 Å². The molecular formula is C19H24N6O3. The third kappa shape index (κ3) is 4.08. The Hall–Kier alpha value is -3.10. The Morgan fingerprint density at radius 3 is 2.89 bits per heavy atom. The molecule has 0 N–H and O–H groups in total. The maximum atomic E-state index is 12.8. The summed E-state index contributed by atoms with van der Waals surface area (Å²) < 4.78 is 1.42. The average Bonchev–Trinajstić information content (AvgIpc) is 3.14. The largest absolute Gasteiger partial charge is 0.337 e. The second-order valence-corrected chi connectivity index (χ2v) is 6.90. The Kier molecular flexibility index (Phi) is 6.13. The topological polar surface area (TPSA) is 104 Å². The van der Waals surface area contributed by atoms with Gasteiger partial charge in [-0.15, -0.1) is 5.10 Å². The molecule has 0 radical (unpaired) electrons. The molecule has 3 aromatic heterocycles. The van der Waals surface area contributed by atoms with Gasteiger partial charge in [-0.05, 0) is 40.2 Å². The van der Waals surface area contributed by atoms with Gasteiger partial charge in [0, 0.05) is 12.4 Å². The first-order chi connectivity index (χ1) is 13.5. The number of aryl methyl sites for hydroxylation is 1. The van der Waals surface area contributed by atoms with Gasteiger partial charge in [-0.25, -0.2) is 9.78 Å². The van der Waals surface area contributed by atoms with Crippen molar-refractivity contribution in [2.45, 2.75) is 52.9 Å². The standard InChI is InChI=1S/C19H24N6O3/c1-4-5-6-7-9-14(3)19(27)28-25-17(21-22-23-25)15-12-20-16-13(2)10-8-11-24(16)18(15)26/h8,10-12,14H,4-7,9H2,1-3H3. The molecule has 0 saturated heterocycles. The van der Waals surface area contributed by atoms with E-state index in [2.05, 4.69) is 27.4 Å². The number of fused-ring (bicyclic) bond motifs is 1. The Morgan fingerprint density at radius 1 is 1.29 bits per heavy atom. The number of hydrogen-bond donors (Lipinski definition) is 0. The fourth-order valence-electron chi connectivity index (χ4n) is 2.97. The maximum absolute atomic E-state index is 12.8. The molecule has 1 atom stereocenters. The van der Waals surface area contributed by atoms with Crippen LogP contribution in [0, 0.1) is 12.8 Å². The van der Waals surface area contributed by atoms with E-state index >= 15 is 0 Å². The lowest BCUT2D eigenvalue weighted by atomic mass is 10.0. The highest BCUT2D eigenvalue weighted by Gasteiger charge is 2.21. The summed E-state index contributed by atoms with van der Waals surface area (Å²) in [7, 11) is 0. The number of carbonyl (C=O) groups is 1. The first-order valence-electron chi connectivity index (χ1n) is 9.50. The second kappa shape index (κ2) is 8.73. The molecule has 0 aromatic carbocycles. The third-order valence-corrected chi connectivity index (χ3v) is 4.68. The number of rotatable bonds is 8. The number of unbranched alkanes of at least 4 members (excludes halogenated alkanes) is 3. The number of hydrogen-bond acceptors (Lipinski definition) is 7. The maximum Gasteiger partial charge on any atom is 0.337 e. The van der Waals surface area contributed by atoms with Crippen molar-refractivity contribution < 1.29 is 9.63 Å². The number of tetrazole rings is 1. The zero-order valence-corrected chi connectivity index (χ0v) is 16.3. The van der Waals surface area contributed by atoms with Crippen LogP contribution in [0.5, 0.6) is 0 Å². The molecular weight excluding hydrogens is 360 g/mol. The Balaban J connectivity index is 1.81. The van der Waals surface area contributed by atoms with Crippen molar-refractivity contribution in [3.63, 3.8) is 0 Å². The van der Waals surface area contributed by atoms with Crippen LogP contribution < -0.4 is 10.4 Å². The third-order valence-electron chi connectivity index (χ3n) is 4.68. The monoisotopic (exact) mass is 384 g/mol. The number of aromatic nitrogens is 6. The molecule has 1 unspecified atom stereocenters. The van der Waals surface area contributed by atoms with Gasteiger partial charge < -0.3 is 4.84 Å². The van der Waals surface area contributed by atoms with E-state index in [0.29, 0.717) is 5.65 Å². The summed E-state index contributed by atoms with van der Waals surface area (Å²) in [6.45, 7) is 5.82. The van der Waals surface area contributed by atoms with Crippen molar-refractivity contribution in [2.24, 2.45) is 5.92 Å². The molecule has 3 aromatic rings. The minimum absolute atomic E-state index is 0.0416. The van der Waals surface area contributed by atoms with E-state index in [1.165, 1.54) is 10.6 Å². The van der Waals surface area contributed by atoms with Crippen LogP contribution in [0.25, 0.3) is 17.0 Å². The lowest BCUT2D eigenvalue weighted by Crippen LogP contribution is -2.28. The van der Waals surface area contributed by atoms with E-state index in [9.17, 15) is 9.59 Å². The summed E-state index contributed by atoms with van der Waals surface area (Å²) in [6, 6.07) is 3.63. The van der Waals surface area contributed by atoms with E-state index < -0.39 is 5.97 Å². The highest BCUT2D eigenvalue weighted by molar-refractivity contribution is 5.72. The predicted molar refractivity (Wildman–Crippen MR) is 103 cm³/mol. The number of pyridine rings is 1. The van der Waals surface area contributed by atoms with Gasteiger partial charge in [0.2, 0.25) is 5.82 Å². The summed E-state index contributed by atoms with van der Waals surface area (Å²) in [5.74, 6) is -0.679. The Bertz CT molecular complexity index is 1030. The molecule has 148 valence electrons. The van der Waals surface area contributed by atoms with Crippen molar-refractivity contribution >= 4 is 11.6 Å². The zero-order chi connectivity index (χ0) is 20.1. The lowest BCUT2D eigenvalue weighted by Gasteiger charge is -2.11. The van der Waals surface area contributed by atoms with Crippen molar-refractivity contribution in [2.75, 3.05) is 0 Å². The molecule has 0 saturated carbocycles. The zero-order valence-electron chi connectivity index (χ0n) is 16.3. The molecule has 9 heteroatoms. The predicted octanol–water partition coefficient (Wildman–Crippen LogP) is 2.22. The van der Waals surface area contributed by atoms with Crippen LogP contribution in [0.4, 0.5) is 0 Å². The lowest BCUT2D eigenvalue weighted by molar-refractivity contribution is -0.150. The van der Waals surface area contributed by atoms with Crippen LogP contribution in [-0.4, -0.2) is 35.7 Å². The second-order valence-electron chi connectivity index (χ2n) is 6.90. The number of carbonyl (C=O) groups excluding carboxylic acids is 1. The SMILES string of the molecule is CCCCCCC(C)C(=O)On1nnnc1-c1cnc2c(C)cccn2c1=O. The first kappa shape index (κ1) is 19.7. The van der Waals surface area contributed by atoms with Gasteiger partial charge in [0.1, 0.15) is 11.2 Å². The molecule has 0 aliphatic carbocycles. The molecule has 0 amide bonds. The van der Waals surface area contributed by atoms with E-state index in [1.54, 1.807) is 12.3 Å². The van der Waals surface area contributed by atoms with E-state index in [1.807, 2.05) is 19.9 Å². The molecule has 0 spiro atoms. The van der Waals surface area contributed by atoms with E-state index in [0.717, 1.165) is 42.5 Å². The van der Waals surface area contributed by atoms with Gasteiger partial charge in [-0.2, -0.15) is 0 Å². The summed E-state index contributed by atoms with van der Waals surface area (Å²) in [5.41, 5.74) is 1.23. The summed E-state index contributed by atoms with van der Waals surface area (Å²) >= 11 is 0. The minimum atomic E-state index is -0.435. The molecule has 3 rings (SSSR count). The van der Waals surface area contributed by atoms with Gasteiger partial charge in [0.15, 0.2) is 0 Å². The van der Waals surface area contributed by atoms with Crippen LogP contribution in [0.3, 0.4) is 0 Å². The van der Waals surface area contributed by atoms with E-state index in [-0.39, 0.29) is 22.9 Å². The summed E-state index contributed by atoms with van der Waals surface area (Å²) in [4.78, 5) is 35.7. The molecule has 9 nitrogen and oxygen atoms in total. The molecule has 3 heterocycles. The van der Waals surface area contributed by atoms with Gasteiger partial charge in [-0.1, -0.05) is 45.6 Å². The molecule has 28 heavy (non-hydrogen) atoms. The van der Waals surface area contributed by atoms with Gasteiger partial charge >= 0.3 is 5.97 Å². The highest BCUT2D eigenvalue weighted by Crippen LogP contribution is 2.14. The van der Waals surface area contributed by atoms with Crippen LogP contribution >= 0.6 is 0 Å². The quantitative estimate of drug-likeness (QED) is 0.433. The van der Waals surface area contributed by atoms with Crippen molar-refractivity contribution in [3.05, 3.63) is 40.4 Å². The van der Waals surface area contributed by atoms with Crippen molar-refractivity contribution in [3.8, 4) is 11.4 Å². The van der Waals surface area contributed by atoms with Crippen LogP contribution in [-0.2, 0) is 4.79 Å². The number of nitrogens with zero attached hydrogens (tertiary/aromatic N) is 6. The molecule has 0 bridgehead atoms. The highest BCUT2D eigenvalue weighted by atomic mass is 16.7. The van der Waals surface area contributed by atoms with Crippen LogP contribution in [0.2, 0.25) is 0 Å². The fraction of sp³-hybridized carbons (Fsp3) is 0.474. The fourth-order valence-corrected chi connectivity index (χ4v) is 2.97. The Morgan fingerprint density at radius 2 is 2.11 bits per heavy atom. The smallest absolute Gasteiger partial charge is 0.315 e. The normalized spacial score (nSPS) is 12.2. The van der Waals surface area contributed by atoms with Crippen molar-refractivity contribution in [1.29, 1.82) is 0 Å². The van der Waals surface area contributed by atoms with Gasteiger partial charge in [0.25, 0.3) is 5.56 Å². The summed E-state index contributed by atoms with van der Waals surface area (Å²) in [5, 5.41) is 11.1. The molecule has 0 fully saturated rings. The van der Waals surface area contributed by atoms with Crippen LogP contribution in [0.15, 0.2) is 29.3 Å². The minimum Gasteiger partial charge on any atom is -0.315 e.